The summed E-state index contributed by atoms with van der Waals surface area (Å²) >= 11 is 0. The van der Waals surface area contributed by atoms with Crippen molar-refractivity contribution in [3.05, 3.63) is 65.4 Å². The molecule has 0 aliphatic heterocycles. The molecule has 6 nitrogen and oxygen atoms in total. The Hall–Kier alpha value is -3.11. The second kappa shape index (κ2) is 8.50. The van der Waals surface area contributed by atoms with E-state index >= 15 is 0 Å². The number of aromatic nitrogens is 1. The molecular weight excluding hydrogens is 384 g/mol. The minimum Gasteiger partial charge on any atom is -0.381 e. The maximum Gasteiger partial charge on any atom is 0.144 e. The maximum absolute atomic E-state index is 11.0. The van der Waals surface area contributed by atoms with E-state index in [0.717, 1.165) is 33.4 Å². The molecule has 0 saturated heterocycles. The van der Waals surface area contributed by atoms with Crippen molar-refractivity contribution in [1.29, 1.82) is 5.26 Å². The standard InChI is InChI=1S/C22H24N4O2S/c1-22(2,3)26-21-17(11-23)13-25-20-8-7-18(10-19(20)21)24-12-15-5-4-6-16(9-15)14-29(27)28/h4-10,13,24,29H,12,14H2,1-3H3,(H,25,26). The molecule has 2 N–H and O–H groups in total. The Kier molecular flexibility index (Phi) is 6.04. The van der Waals surface area contributed by atoms with Crippen LogP contribution < -0.4 is 10.6 Å². The van der Waals surface area contributed by atoms with Gasteiger partial charge in [0.1, 0.15) is 16.8 Å². The molecule has 150 valence electrons. The fourth-order valence-corrected chi connectivity index (χ4v) is 3.58. The van der Waals surface area contributed by atoms with Gasteiger partial charge in [0.2, 0.25) is 0 Å². The van der Waals surface area contributed by atoms with Crippen molar-refractivity contribution in [3.8, 4) is 6.07 Å². The van der Waals surface area contributed by atoms with Crippen molar-refractivity contribution in [2.24, 2.45) is 0 Å². The van der Waals surface area contributed by atoms with Crippen LogP contribution >= 0.6 is 0 Å². The van der Waals surface area contributed by atoms with Crippen LogP contribution in [-0.4, -0.2) is 18.9 Å². The van der Waals surface area contributed by atoms with Crippen molar-refractivity contribution in [2.75, 3.05) is 10.6 Å². The average molecular weight is 409 g/mol. The molecule has 0 aliphatic rings. The van der Waals surface area contributed by atoms with Crippen molar-refractivity contribution in [2.45, 2.75) is 38.6 Å². The zero-order chi connectivity index (χ0) is 21.0. The molecule has 2 aromatic carbocycles. The van der Waals surface area contributed by atoms with Crippen LogP contribution in [0.3, 0.4) is 0 Å². The smallest absolute Gasteiger partial charge is 0.144 e. The number of pyridine rings is 1. The molecule has 0 amide bonds. The number of rotatable bonds is 6. The van der Waals surface area contributed by atoms with Gasteiger partial charge in [-0.3, -0.25) is 4.98 Å². The first-order valence-corrected chi connectivity index (χ1v) is 10.7. The van der Waals surface area contributed by atoms with Gasteiger partial charge in [-0.2, -0.15) is 5.26 Å². The van der Waals surface area contributed by atoms with Gasteiger partial charge in [-0.05, 0) is 50.1 Å². The Bertz CT molecular complexity index is 1150. The molecule has 29 heavy (non-hydrogen) atoms. The Labute approximate surface area is 172 Å². The predicted octanol–water partition coefficient (Wildman–Crippen LogP) is 4.04. The first-order chi connectivity index (χ1) is 13.7. The fraction of sp³-hybridized carbons (Fsp3) is 0.273. The molecule has 0 fully saturated rings. The van der Waals surface area contributed by atoms with Gasteiger partial charge in [0.05, 0.1) is 22.5 Å². The largest absolute Gasteiger partial charge is 0.381 e. The SMILES string of the molecule is CC(C)(C)Nc1c(C#N)cnc2ccc(NCc3cccc(C[SH](=O)=O)c3)cc12. The number of fused-ring (bicyclic) bond motifs is 1. The van der Waals surface area contributed by atoms with Crippen LogP contribution in [0, 0.1) is 11.3 Å². The van der Waals surface area contributed by atoms with E-state index in [2.05, 4.69) is 21.7 Å². The third-order valence-corrected chi connectivity index (χ3v) is 4.91. The Morgan fingerprint density at radius 1 is 1.10 bits per heavy atom. The van der Waals surface area contributed by atoms with Crippen molar-refractivity contribution < 1.29 is 8.42 Å². The van der Waals surface area contributed by atoms with E-state index in [9.17, 15) is 13.7 Å². The van der Waals surface area contributed by atoms with E-state index in [1.54, 1.807) is 6.20 Å². The quantitative estimate of drug-likeness (QED) is 0.533. The van der Waals surface area contributed by atoms with Crippen LogP contribution in [0.1, 0.15) is 37.5 Å². The van der Waals surface area contributed by atoms with Crippen molar-refractivity contribution >= 4 is 33.0 Å². The van der Waals surface area contributed by atoms with Gasteiger partial charge < -0.3 is 10.6 Å². The van der Waals surface area contributed by atoms with Crippen LogP contribution in [0.4, 0.5) is 11.4 Å². The number of thiol groups is 1. The van der Waals surface area contributed by atoms with E-state index in [0.29, 0.717) is 12.1 Å². The molecule has 3 aromatic rings. The minimum atomic E-state index is -2.44. The molecule has 3 rings (SSSR count). The van der Waals surface area contributed by atoms with Gasteiger partial charge in [0.15, 0.2) is 0 Å². The fourth-order valence-electron chi connectivity index (χ4n) is 3.09. The molecule has 1 heterocycles. The van der Waals surface area contributed by atoms with Crippen LogP contribution in [0.15, 0.2) is 48.7 Å². The highest BCUT2D eigenvalue weighted by Gasteiger charge is 2.16. The third-order valence-electron chi connectivity index (χ3n) is 4.29. The molecule has 0 aliphatic carbocycles. The molecule has 0 radical (unpaired) electrons. The van der Waals surface area contributed by atoms with E-state index in [1.165, 1.54) is 0 Å². The van der Waals surface area contributed by atoms with Gasteiger partial charge in [0, 0.05) is 29.4 Å². The van der Waals surface area contributed by atoms with Crippen LogP contribution in [0.5, 0.6) is 0 Å². The molecule has 0 spiro atoms. The lowest BCUT2D eigenvalue weighted by Gasteiger charge is -2.24. The molecule has 0 atom stereocenters. The summed E-state index contributed by atoms with van der Waals surface area (Å²) in [6.07, 6.45) is 1.59. The lowest BCUT2D eigenvalue weighted by Crippen LogP contribution is -2.26. The number of benzene rings is 2. The molecule has 1 aromatic heterocycles. The topological polar surface area (TPSA) is 94.9 Å². The summed E-state index contributed by atoms with van der Waals surface area (Å²) in [6.45, 7) is 6.70. The average Bonchev–Trinajstić information content (AvgIpc) is 2.65. The zero-order valence-corrected chi connectivity index (χ0v) is 17.6. The van der Waals surface area contributed by atoms with Gasteiger partial charge in [-0.15, -0.1) is 0 Å². The Morgan fingerprint density at radius 2 is 1.86 bits per heavy atom. The number of anilines is 2. The minimum absolute atomic E-state index is 0.0452. The summed E-state index contributed by atoms with van der Waals surface area (Å²) in [5.74, 6) is 0.0452. The number of nitriles is 1. The number of nitrogens with zero attached hydrogens (tertiary/aromatic N) is 2. The molecule has 0 saturated carbocycles. The lowest BCUT2D eigenvalue weighted by atomic mass is 10.0. The summed E-state index contributed by atoms with van der Waals surface area (Å²) < 4.78 is 21.9. The maximum atomic E-state index is 11.0. The highest BCUT2D eigenvalue weighted by molar-refractivity contribution is 7.71. The highest BCUT2D eigenvalue weighted by Crippen LogP contribution is 2.30. The second-order valence-electron chi connectivity index (χ2n) is 7.93. The van der Waals surface area contributed by atoms with Crippen LogP contribution in [0.25, 0.3) is 10.9 Å². The third kappa shape index (κ3) is 5.46. The van der Waals surface area contributed by atoms with E-state index in [1.807, 2.05) is 63.2 Å². The lowest BCUT2D eigenvalue weighted by molar-refractivity contribution is 0.614. The summed E-state index contributed by atoms with van der Waals surface area (Å²) in [4.78, 5) is 4.39. The zero-order valence-electron chi connectivity index (χ0n) is 16.7. The van der Waals surface area contributed by atoms with Crippen LogP contribution in [-0.2, 0) is 23.0 Å². The number of hydrogen-bond donors (Lipinski definition) is 3. The summed E-state index contributed by atoms with van der Waals surface area (Å²) in [5.41, 5.74) is 4.55. The van der Waals surface area contributed by atoms with Crippen molar-refractivity contribution in [1.82, 2.24) is 4.98 Å². The normalized spacial score (nSPS) is 11.4. The first kappa shape index (κ1) is 20.6. The molecule has 0 unspecified atom stereocenters. The predicted molar refractivity (Wildman–Crippen MR) is 118 cm³/mol. The van der Waals surface area contributed by atoms with Gasteiger partial charge >= 0.3 is 0 Å². The molecular formula is C22H24N4O2S. The Morgan fingerprint density at radius 3 is 2.55 bits per heavy atom. The van der Waals surface area contributed by atoms with Crippen LogP contribution in [0.2, 0.25) is 0 Å². The van der Waals surface area contributed by atoms with E-state index in [-0.39, 0.29) is 11.3 Å². The van der Waals surface area contributed by atoms with Crippen molar-refractivity contribution in [3.63, 3.8) is 0 Å². The number of hydrogen-bond acceptors (Lipinski definition) is 6. The van der Waals surface area contributed by atoms with Gasteiger partial charge in [0.25, 0.3) is 0 Å². The van der Waals surface area contributed by atoms with Gasteiger partial charge in [-0.1, -0.05) is 24.3 Å². The summed E-state index contributed by atoms with van der Waals surface area (Å²) in [5, 5.41) is 17.2. The monoisotopic (exact) mass is 408 g/mol. The summed E-state index contributed by atoms with van der Waals surface area (Å²) in [7, 11) is -2.44. The highest BCUT2D eigenvalue weighted by atomic mass is 32.2. The van der Waals surface area contributed by atoms with E-state index in [4.69, 9.17) is 0 Å². The Balaban J connectivity index is 1.89. The molecule has 7 heteroatoms. The van der Waals surface area contributed by atoms with Gasteiger partial charge in [-0.25, -0.2) is 8.42 Å². The first-order valence-electron chi connectivity index (χ1n) is 9.30. The summed E-state index contributed by atoms with van der Waals surface area (Å²) in [6, 6.07) is 15.6. The molecule has 0 bridgehead atoms. The second-order valence-corrected chi connectivity index (χ2v) is 8.91. The van der Waals surface area contributed by atoms with E-state index < -0.39 is 10.7 Å². The number of nitrogens with one attached hydrogen (secondary N) is 2.